The van der Waals surface area contributed by atoms with E-state index in [4.69, 9.17) is 0 Å². The molecule has 1 aliphatic rings. The van der Waals surface area contributed by atoms with Gasteiger partial charge in [0, 0.05) is 25.0 Å². The monoisotopic (exact) mass is 212 g/mol. The maximum Gasteiger partial charge on any atom is 0.164 e. The lowest BCUT2D eigenvalue weighted by atomic mass is 10.4. The highest BCUT2D eigenvalue weighted by atomic mass is 32.2. The number of aliphatic imine (C=N–C) groups is 1. The number of hydrogen-bond acceptors (Lipinski definition) is 3. The highest BCUT2D eigenvalue weighted by Crippen LogP contribution is 2.18. The Morgan fingerprint density at radius 1 is 1.36 bits per heavy atom. The number of amidine groups is 1. The van der Waals surface area contributed by atoms with Gasteiger partial charge in [0.1, 0.15) is 0 Å². The van der Waals surface area contributed by atoms with Gasteiger partial charge >= 0.3 is 0 Å². The molecule has 0 saturated heterocycles. The van der Waals surface area contributed by atoms with Gasteiger partial charge in [0.2, 0.25) is 0 Å². The molecule has 0 fully saturated rings. The Bertz CT molecular complexity index is 227. The Morgan fingerprint density at radius 2 is 2.00 bits per heavy atom. The molecule has 80 valence electrons. The number of rotatable bonds is 4. The van der Waals surface area contributed by atoms with Crippen molar-refractivity contribution in [3.63, 3.8) is 0 Å². The van der Waals surface area contributed by atoms with Crippen LogP contribution in [0.3, 0.4) is 0 Å². The molecule has 3 heteroatoms. The Labute approximate surface area is 91.5 Å². The van der Waals surface area contributed by atoms with Gasteiger partial charge in [0.15, 0.2) is 5.17 Å². The molecule has 0 radical (unpaired) electrons. The van der Waals surface area contributed by atoms with Crippen LogP contribution >= 0.6 is 11.8 Å². The Balaban J connectivity index is 2.58. The minimum atomic E-state index is 1.10. The van der Waals surface area contributed by atoms with Crippen molar-refractivity contribution in [2.24, 2.45) is 4.99 Å². The van der Waals surface area contributed by atoms with Crippen molar-refractivity contribution >= 4 is 16.9 Å². The summed E-state index contributed by atoms with van der Waals surface area (Å²) in [7, 11) is 0. The largest absolute Gasteiger partial charge is 0.351 e. The molecule has 0 unspecified atom stereocenters. The van der Waals surface area contributed by atoms with Crippen LogP contribution in [0.2, 0.25) is 0 Å². The van der Waals surface area contributed by atoms with Crippen molar-refractivity contribution in [3.8, 4) is 0 Å². The fourth-order valence-corrected chi connectivity index (χ4v) is 2.36. The SMILES string of the molecule is CCCN(CCC)C1=NC=C(C)CS1. The Hall–Kier alpha value is -0.440. The van der Waals surface area contributed by atoms with Gasteiger partial charge in [-0.3, -0.25) is 0 Å². The van der Waals surface area contributed by atoms with Gasteiger partial charge in [-0.25, -0.2) is 4.99 Å². The maximum absolute atomic E-state index is 4.49. The molecule has 14 heavy (non-hydrogen) atoms. The molecule has 0 aromatic rings. The second-order valence-corrected chi connectivity index (χ2v) is 4.61. The first kappa shape index (κ1) is 11.6. The van der Waals surface area contributed by atoms with E-state index in [1.807, 2.05) is 18.0 Å². The summed E-state index contributed by atoms with van der Waals surface area (Å²) in [5, 5.41) is 1.21. The second-order valence-electron chi connectivity index (χ2n) is 3.66. The molecule has 0 bridgehead atoms. The molecule has 0 atom stereocenters. The van der Waals surface area contributed by atoms with Crippen LogP contribution in [0.5, 0.6) is 0 Å². The first-order chi connectivity index (χ1) is 6.77. The van der Waals surface area contributed by atoms with Gasteiger partial charge in [0.25, 0.3) is 0 Å². The van der Waals surface area contributed by atoms with Crippen molar-refractivity contribution in [2.45, 2.75) is 33.6 Å². The zero-order valence-corrected chi connectivity index (χ0v) is 10.2. The molecule has 1 heterocycles. The maximum atomic E-state index is 4.49. The van der Waals surface area contributed by atoms with Crippen LogP contribution in [0.1, 0.15) is 33.6 Å². The van der Waals surface area contributed by atoms with E-state index in [0.717, 1.165) is 18.8 Å². The molecule has 0 spiro atoms. The zero-order valence-electron chi connectivity index (χ0n) is 9.42. The quantitative estimate of drug-likeness (QED) is 0.711. The minimum absolute atomic E-state index is 1.10. The number of thioether (sulfide) groups is 1. The summed E-state index contributed by atoms with van der Waals surface area (Å²) in [6.07, 6.45) is 4.40. The van der Waals surface area contributed by atoms with E-state index in [-0.39, 0.29) is 0 Å². The minimum Gasteiger partial charge on any atom is -0.351 e. The van der Waals surface area contributed by atoms with E-state index in [9.17, 15) is 0 Å². The smallest absolute Gasteiger partial charge is 0.164 e. The predicted octanol–water partition coefficient (Wildman–Crippen LogP) is 3.12. The van der Waals surface area contributed by atoms with Crippen LogP contribution in [0.15, 0.2) is 16.8 Å². The average molecular weight is 212 g/mol. The first-order valence-corrected chi connectivity index (χ1v) is 6.37. The fraction of sp³-hybridized carbons (Fsp3) is 0.727. The molecule has 0 aliphatic carbocycles. The van der Waals surface area contributed by atoms with Gasteiger partial charge in [-0.05, 0) is 25.3 Å². The third-order valence-electron chi connectivity index (χ3n) is 2.08. The van der Waals surface area contributed by atoms with Crippen LogP contribution in [-0.4, -0.2) is 28.9 Å². The van der Waals surface area contributed by atoms with Crippen LogP contribution < -0.4 is 0 Å². The molecule has 1 rings (SSSR count). The van der Waals surface area contributed by atoms with E-state index in [1.54, 1.807) is 0 Å². The summed E-state index contributed by atoms with van der Waals surface area (Å²) in [5.41, 5.74) is 1.37. The predicted molar refractivity (Wildman–Crippen MR) is 65.8 cm³/mol. The standard InChI is InChI=1S/C11H20N2S/c1-4-6-13(7-5-2)11-12-8-10(3)9-14-11/h8H,4-7,9H2,1-3H3. The van der Waals surface area contributed by atoms with E-state index in [0.29, 0.717) is 0 Å². The normalized spacial score (nSPS) is 16.2. The van der Waals surface area contributed by atoms with Crippen molar-refractivity contribution < 1.29 is 0 Å². The highest BCUT2D eigenvalue weighted by molar-refractivity contribution is 8.14. The third kappa shape index (κ3) is 3.37. The van der Waals surface area contributed by atoms with E-state index >= 15 is 0 Å². The molecule has 2 nitrogen and oxygen atoms in total. The summed E-state index contributed by atoms with van der Waals surface area (Å²) in [5.74, 6) is 1.10. The van der Waals surface area contributed by atoms with Crippen molar-refractivity contribution in [2.75, 3.05) is 18.8 Å². The lowest BCUT2D eigenvalue weighted by Crippen LogP contribution is -2.31. The van der Waals surface area contributed by atoms with Crippen molar-refractivity contribution in [3.05, 3.63) is 11.8 Å². The first-order valence-electron chi connectivity index (χ1n) is 5.39. The molecule has 0 aromatic carbocycles. The molecular formula is C11H20N2S. The summed E-state index contributed by atoms with van der Waals surface area (Å²) in [4.78, 5) is 6.89. The second kappa shape index (κ2) is 6.12. The van der Waals surface area contributed by atoms with Crippen LogP contribution in [0.4, 0.5) is 0 Å². The summed E-state index contributed by atoms with van der Waals surface area (Å²) in [6.45, 7) is 8.84. The molecular weight excluding hydrogens is 192 g/mol. The van der Waals surface area contributed by atoms with Crippen molar-refractivity contribution in [1.29, 1.82) is 0 Å². The zero-order chi connectivity index (χ0) is 10.4. The van der Waals surface area contributed by atoms with Gasteiger partial charge in [-0.2, -0.15) is 0 Å². The molecule has 0 amide bonds. The summed E-state index contributed by atoms with van der Waals surface area (Å²) < 4.78 is 0. The van der Waals surface area contributed by atoms with Gasteiger partial charge in [-0.1, -0.05) is 25.6 Å². The lowest BCUT2D eigenvalue weighted by molar-refractivity contribution is 0.424. The van der Waals surface area contributed by atoms with Gasteiger partial charge in [0.05, 0.1) is 0 Å². The van der Waals surface area contributed by atoms with E-state index in [1.165, 1.54) is 23.6 Å². The number of hydrogen-bond donors (Lipinski definition) is 0. The van der Waals surface area contributed by atoms with Crippen molar-refractivity contribution in [1.82, 2.24) is 4.90 Å². The van der Waals surface area contributed by atoms with E-state index < -0.39 is 0 Å². The highest BCUT2D eigenvalue weighted by Gasteiger charge is 2.12. The molecule has 0 aromatic heterocycles. The van der Waals surface area contributed by atoms with Crippen LogP contribution in [0, 0.1) is 0 Å². The van der Waals surface area contributed by atoms with Crippen LogP contribution in [0.25, 0.3) is 0 Å². The molecule has 0 N–H and O–H groups in total. The average Bonchev–Trinajstić information content (AvgIpc) is 2.19. The molecule has 0 saturated carbocycles. The van der Waals surface area contributed by atoms with E-state index in [2.05, 4.69) is 30.7 Å². The topological polar surface area (TPSA) is 15.6 Å². The summed E-state index contributed by atoms with van der Waals surface area (Å²) in [6, 6.07) is 0. The Kier molecular flexibility index (Phi) is 5.09. The molecule has 1 aliphatic heterocycles. The van der Waals surface area contributed by atoms with Gasteiger partial charge in [-0.15, -0.1) is 0 Å². The van der Waals surface area contributed by atoms with Crippen LogP contribution in [-0.2, 0) is 0 Å². The Morgan fingerprint density at radius 3 is 2.43 bits per heavy atom. The lowest BCUT2D eigenvalue weighted by Gasteiger charge is -2.25. The number of nitrogens with zero attached hydrogens (tertiary/aromatic N) is 2. The van der Waals surface area contributed by atoms with Gasteiger partial charge < -0.3 is 4.90 Å². The fourth-order valence-electron chi connectivity index (χ4n) is 1.43. The third-order valence-corrected chi connectivity index (χ3v) is 3.30. The summed E-state index contributed by atoms with van der Waals surface area (Å²) >= 11 is 1.87.